The van der Waals surface area contributed by atoms with Crippen LogP contribution in [0.4, 0.5) is 0 Å². The summed E-state index contributed by atoms with van der Waals surface area (Å²) in [6.45, 7) is 6.63. The Morgan fingerprint density at radius 3 is 2.68 bits per heavy atom. The van der Waals surface area contributed by atoms with E-state index >= 15 is 0 Å². The number of rotatable bonds is 6. The summed E-state index contributed by atoms with van der Waals surface area (Å²) in [6, 6.07) is 3.72. The zero-order valence-corrected chi connectivity index (χ0v) is 14.5. The molecular formula is C13H22ClIN4. The van der Waals surface area contributed by atoms with Gasteiger partial charge in [0.25, 0.3) is 0 Å². The minimum atomic E-state index is 0. The highest BCUT2D eigenvalue weighted by Gasteiger charge is 1.97. The van der Waals surface area contributed by atoms with Crippen molar-refractivity contribution in [3.05, 3.63) is 29.0 Å². The second-order valence-electron chi connectivity index (χ2n) is 3.96. The highest BCUT2D eigenvalue weighted by Crippen LogP contribution is 2.05. The molecule has 2 N–H and O–H groups in total. The molecule has 1 aromatic heterocycles. The molecule has 0 bridgehead atoms. The molecule has 0 aromatic carbocycles. The SMILES string of the molecule is CCCCNC(=NCc1ccc(Cl)nc1)NCC.I. The van der Waals surface area contributed by atoms with Crippen molar-refractivity contribution in [2.24, 2.45) is 4.99 Å². The minimum Gasteiger partial charge on any atom is -0.357 e. The van der Waals surface area contributed by atoms with Crippen molar-refractivity contribution in [3.8, 4) is 0 Å². The van der Waals surface area contributed by atoms with Gasteiger partial charge in [0.15, 0.2) is 5.96 Å². The van der Waals surface area contributed by atoms with Crippen LogP contribution in [0, 0.1) is 0 Å². The van der Waals surface area contributed by atoms with Gasteiger partial charge in [-0.25, -0.2) is 9.98 Å². The van der Waals surface area contributed by atoms with Gasteiger partial charge in [0.05, 0.1) is 6.54 Å². The van der Waals surface area contributed by atoms with Crippen LogP contribution < -0.4 is 10.6 Å². The fourth-order valence-corrected chi connectivity index (χ4v) is 1.51. The van der Waals surface area contributed by atoms with Crippen LogP contribution in [0.15, 0.2) is 23.3 Å². The van der Waals surface area contributed by atoms with E-state index in [1.165, 1.54) is 6.42 Å². The van der Waals surface area contributed by atoms with Crippen LogP contribution in [-0.2, 0) is 6.54 Å². The largest absolute Gasteiger partial charge is 0.357 e. The lowest BCUT2D eigenvalue weighted by molar-refractivity contribution is 0.730. The average molecular weight is 397 g/mol. The zero-order chi connectivity index (χ0) is 13.2. The summed E-state index contributed by atoms with van der Waals surface area (Å²) in [5, 5.41) is 7.02. The maximum Gasteiger partial charge on any atom is 0.191 e. The third kappa shape index (κ3) is 8.26. The summed E-state index contributed by atoms with van der Waals surface area (Å²) in [6.07, 6.45) is 4.07. The number of guanidine groups is 1. The maximum absolute atomic E-state index is 5.74. The fourth-order valence-electron chi connectivity index (χ4n) is 1.40. The number of nitrogens with one attached hydrogen (secondary N) is 2. The van der Waals surface area contributed by atoms with Gasteiger partial charge in [0.2, 0.25) is 0 Å². The molecule has 1 heterocycles. The smallest absolute Gasteiger partial charge is 0.191 e. The third-order valence-corrected chi connectivity index (χ3v) is 2.60. The molecule has 0 saturated carbocycles. The van der Waals surface area contributed by atoms with Gasteiger partial charge in [-0.05, 0) is 25.0 Å². The number of pyridine rings is 1. The van der Waals surface area contributed by atoms with E-state index in [9.17, 15) is 0 Å². The Morgan fingerprint density at radius 2 is 2.11 bits per heavy atom. The van der Waals surface area contributed by atoms with E-state index in [-0.39, 0.29) is 24.0 Å². The Hall–Kier alpha value is -0.560. The molecule has 0 aliphatic rings. The summed E-state index contributed by atoms with van der Waals surface area (Å²) in [4.78, 5) is 8.53. The first kappa shape index (κ1) is 18.4. The molecular weight excluding hydrogens is 375 g/mol. The number of hydrogen-bond acceptors (Lipinski definition) is 2. The van der Waals surface area contributed by atoms with E-state index in [1.54, 1.807) is 12.3 Å². The van der Waals surface area contributed by atoms with Crippen molar-refractivity contribution in [3.63, 3.8) is 0 Å². The number of halogens is 2. The summed E-state index contributed by atoms with van der Waals surface area (Å²) >= 11 is 5.74. The topological polar surface area (TPSA) is 49.3 Å². The van der Waals surface area contributed by atoms with E-state index in [4.69, 9.17) is 11.6 Å². The predicted octanol–water partition coefficient (Wildman–Crippen LogP) is 3.21. The fraction of sp³-hybridized carbons (Fsp3) is 0.538. The van der Waals surface area contributed by atoms with Gasteiger partial charge in [0, 0.05) is 19.3 Å². The molecule has 0 saturated heterocycles. The van der Waals surface area contributed by atoms with E-state index < -0.39 is 0 Å². The number of unbranched alkanes of at least 4 members (excludes halogenated alkanes) is 1. The molecule has 1 aromatic rings. The first-order valence-corrected chi connectivity index (χ1v) is 6.76. The quantitative estimate of drug-likeness (QED) is 0.255. The van der Waals surface area contributed by atoms with Crippen LogP contribution in [0.3, 0.4) is 0 Å². The average Bonchev–Trinajstić information content (AvgIpc) is 2.38. The van der Waals surface area contributed by atoms with Crippen molar-refractivity contribution < 1.29 is 0 Å². The molecule has 0 amide bonds. The lowest BCUT2D eigenvalue weighted by Gasteiger charge is -2.10. The Kier molecular flexibility index (Phi) is 10.9. The monoisotopic (exact) mass is 396 g/mol. The normalized spacial score (nSPS) is 10.8. The number of aliphatic imine (C=N–C) groups is 1. The van der Waals surface area contributed by atoms with Gasteiger partial charge < -0.3 is 10.6 Å². The highest BCUT2D eigenvalue weighted by molar-refractivity contribution is 14.0. The number of nitrogens with zero attached hydrogens (tertiary/aromatic N) is 2. The molecule has 1 rings (SSSR count). The van der Waals surface area contributed by atoms with Crippen molar-refractivity contribution in [2.45, 2.75) is 33.2 Å². The molecule has 4 nitrogen and oxygen atoms in total. The second kappa shape index (κ2) is 11.3. The molecule has 19 heavy (non-hydrogen) atoms. The van der Waals surface area contributed by atoms with Crippen LogP contribution in [0.5, 0.6) is 0 Å². The molecule has 108 valence electrons. The molecule has 0 aliphatic heterocycles. The predicted molar refractivity (Wildman–Crippen MR) is 92.4 cm³/mol. The van der Waals surface area contributed by atoms with Gasteiger partial charge in [-0.1, -0.05) is 31.0 Å². The molecule has 0 aliphatic carbocycles. The minimum absolute atomic E-state index is 0. The Morgan fingerprint density at radius 1 is 1.32 bits per heavy atom. The number of aromatic nitrogens is 1. The van der Waals surface area contributed by atoms with Crippen LogP contribution in [-0.4, -0.2) is 24.0 Å². The third-order valence-electron chi connectivity index (χ3n) is 2.38. The summed E-state index contributed by atoms with van der Waals surface area (Å²) in [7, 11) is 0. The van der Waals surface area contributed by atoms with Gasteiger partial charge in [-0.15, -0.1) is 24.0 Å². The molecule has 0 unspecified atom stereocenters. The molecule has 6 heteroatoms. The van der Waals surface area contributed by atoms with Crippen LogP contribution in [0.2, 0.25) is 5.15 Å². The van der Waals surface area contributed by atoms with Gasteiger partial charge in [0.1, 0.15) is 5.15 Å². The van der Waals surface area contributed by atoms with Crippen LogP contribution in [0.25, 0.3) is 0 Å². The van der Waals surface area contributed by atoms with E-state index in [0.29, 0.717) is 11.7 Å². The molecule has 0 radical (unpaired) electrons. The van der Waals surface area contributed by atoms with Crippen molar-refractivity contribution in [1.82, 2.24) is 15.6 Å². The first-order valence-electron chi connectivity index (χ1n) is 6.38. The highest BCUT2D eigenvalue weighted by atomic mass is 127. The maximum atomic E-state index is 5.74. The Bertz CT molecular complexity index is 367. The van der Waals surface area contributed by atoms with E-state index in [0.717, 1.165) is 31.0 Å². The second-order valence-corrected chi connectivity index (χ2v) is 4.35. The summed E-state index contributed by atoms with van der Waals surface area (Å²) < 4.78 is 0. The summed E-state index contributed by atoms with van der Waals surface area (Å²) in [5.74, 6) is 0.848. The van der Waals surface area contributed by atoms with E-state index in [2.05, 4.69) is 34.5 Å². The lowest BCUT2D eigenvalue weighted by Crippen LogP contribution is -2.37. The van der Waals surface area contributed by atoms with Crippen LogP contribution >= 0.6 is 35.6 Å². The van der Waals surface area contributed by atoms with Crippen LogP contribution in [0.1, 0.15) is 32.3 Å². The van der Waals surface area contributed by atoms with Crippen molar-refractivity contribution in [1.29, 1.82) is 0 Å². The molecule has 0 fully saturated rings. The van der Waals surface area contributed by atoms with Gasteiger partial charge in [-0.2, -0.15) is 0 Å². The first-order chi connectivity index (χ1) is 8.76. The lowest BCUT2D eigenvalue weighted by atomic mass is 10.3. The van der Waals surface area contributed by atoms with E-state index in [1.807, 2.05) is 6.07 Å². The number of hydrogen-bond donors (Lipinski definition) is 2. The van der Waals surface area contributed by atoms with Gasteiger partial charge >= 0.3 is 0 Å². The standard InChI is InChI=1S/C13H21ClN4.HI/c1-3-5-8-16-13(15-4-2)18-10-11-6-7-12(14)17-9-11;/h6-7,9H,3-5,8,10H2,1-2H3,(H2,15,16,18);1H. The van der Waals surface area contributed by atoms with Gasteiger partial charge in [-0.3, -0.25) is 0 Å². The van der Waals surface area contributed by atoms with Crippen molar-refractivity contribution >= 4 is 41.5 Å². The Balaban J connectivity index is 0.00000324. The Labute approximate surface area is 137 Å². The molecule has 0 spiro atoms. The zero-order valence-electron chi connectivity index (χ0n) is 11.4. The molecule has 0 atom stereocenters. The summed E-state index contributed by atoms with van der Waals surface area (Å²) in [5.41, 5.74) is 1.05. The van der Waals surface area contributed by atoms with Crippen molar-refractivity contribution in [2.75, 3.05) is 13.1 Å².